The van der Waals surface area contributed by atoms with Crippen molar-refractivity contribution in [2.45, 2.75) is 24.7 Å². The average molecular weight is 259 g/mol. The highest BCUT2D eigenvalue weighted by atomic mass is 14.6. The number of pyridine rings is 1. The highest BCUT2D eigenvalue weighted by Crippen LogP contribution is 2.50. The summed E-state index contributed by atoms with van der Waals surface area (Å²) in [6, 6.07) is 19.5. The first-order valence-corrected chi connectivity index (χ1v) is 7.31. The predicted octanol–water partition coefficient (Wildman–Crippen LogP) is 4.90. The molecule has 0 aliphatic heterocycles. The summed E-state index contributed by atoms with van der Waals surface area (Å²) in [5.41, 5.74) is 2.89. The van der Waals surface area contributed by atoms with E-state index in [-0.39, 0.29) is 0 Å². The summed E-state index contributed by atoms with van der Waals surface area (Å²) in [7, 11) is 0. The molecule has 4 rings (SSSR count). The third-order valence-electron chi connectivity index (χ3n) is 4.60. The first-order chi connectivity index (χ1) is 9.93. The first kappa shape index (κ1) is 11.7. The van der Waals surface area contributed by atoms with E-state index in [1.807, 2.05) is 6.20 Å². The summed E-state index contributed by atoms with van der Waals surface area (Å²) in [6.45, 7) is 0. The lowest BCUT2D eigenvalue weighted by molar-refractivity contribution is 0.348. The molecule has 1 nitrogen and oxygen atoms in total. The molecule has 98 valence electrons. The van der Waals surface area contributed by atoms with Crippen LogP contribution in [0.5, 0.6) is 0 Å². The molecular weight excluding hydrogens is 242 g/mol. The zero-order valence-electron chi connectivity index (χ0n) is 11.4. The summed E-state index contributed by atoms with van der Waals surface area (Å²) in [5.74, 6) is 1.28. The van der Waals surface area contributed by atoms with Gasteiger partial charge in [0.1, 0.15) is 0 Å². The topological polar surface area (TPSA) is 12.9 Å². The van der Waals surface area contributed by atoms with E-state index in [1.165, 1.54) is 34.7 Å². The Kier molecular flexibility index (Phi) is 2.77. The van der Waals surface area contributed by atoms with Gasteiger partial charge in [0.25, 0.3) is 0 Å². The zero-order chi connectivity index (χ0) is 13.4. The van der Waals surface area contributed by atoms with Gasteiger partial charge in [0.2, 0.25) is 0 Å². The SMILES string of the molecule is c1ccc(C2CCC2c2cncc3ccccc23)cc1. The van der Waals surface area contributed by atoms with Crippen molar-refractivity contribution in [3.63, 3.8) is 0 Å². The van der Waals surface area contributed by atoms with Crippen molar-refractivity contribution in [1.29, 1.82) is 0 Å². The summed E-state index contributed by atoms with van der Waals surface area (Å²) < 4.78 is 0. The molecule has 0 radical (unpaired) electrons. The average Bonchev–Trinajstić information content (AvgIpc) is 2.48. The Morgan fingerprint density at radius 3 is 2.30 bits per heavy atom. The molecule has 1 heteroatoms. The van der Waals surface area contributed by atoms with E-state index in [0.29, 0.717) is 11.8 Å². The molecule has 1 aliphatic carbocycles. The Balaban J connectivity index is 1.77. The van der Waals surface area contributed by atoms with E-state index in [9.17, 15) is 0 Å². The van der Waals surface area contributed by atoms with Crippen molar-refractivity contribution in [2.75, 3.05) is 0 Å². The molecule has 2 aromatic carbocycles. The molecule has 0 amide bonds. The molecule has 1 fully saturated rings. The molecule has 2 atom stereocenters. The second-order valence-electron chi connectivity index (χ2n) is 5.65. The summed E-state index contributed by atoms with van der Waals surface area (Å²) in [5, 5.41) is 2.62. The van der Waals surface area contributed by atoms with Gasteiger partial charge in [-0.15, -0.1) is 0 Å². The second-order valence-corrected chi connectivity index (χ2v) is 5.65. The highest BCUT2D eigenvalue weighted by molar-refractivity contribution is 5.85. The van der Waals surface area contributed by atoms with E-state index < -0.39 is 0 Å². The van der Waals surface area contributed by atoms with Gasteiger partial charge < -0.3 is 0 Å². The van der Waals surface area contributed by atoms with Gasteiger partial charge in [-0.1, -0.05) is 54.6 Å². The fraction of sp³-hybridized carbons (Fsp3) is 0.211. The van der Waals surface area contributed by atoms with E-state index in [1.54, 1.807) is 0 Å². The molecule has 2 unspecified atom stereocenters. The zero-order valence-corrected chi connectivity index (χ0v) is 11.4. The fourth-order valence-corrected chi connectivity index (χ4v) is 3.41. The van der Waals surface area contributed by atoms with Gasteiger partial charge in [-0.05, 0) is 41.2 Å². The number of rotatable bonds is 2. The van der Waals surface area contributed by atoms with E-state index in [0.717, 1.165) is 0 Å². The summed E-state index contributed by atoms with van der Waals surface area (Å²) in [4.78, 5) is 4.44. The van der Waals surface area contributed by atoms with Crippen LogP contribution in [-0.2, 0) is 0 Å². The Morgan fingerprint density at radius 2 is 1.50 bits per heavy atom. The molecule has 1 saturated carbocycles. The van der Waals surface area contributed by atoms with E-state index >= 15 is 0 Å². The highest BCUT2D eigenvalue weighted by Gasteiger charge is 2.34. The lowest BCUT2D eigenvalue weighted by Gasteiger charge is -2.38. The molecule has 0 N–H and O–H groups in total. The quantitative estimate of drug-likeness (QED) is 0.638. The van der Waals surface area contributed by atoms with Crippen LogP contribution in [0, 0.1) is 0 Å². The van der Waals surface area contributed by atoms with Crippen LogP contribution in [0.2, 0.25) is 0 Å². The number of aromatic nitrogens is 1. The van der Waals surface area contributed by atoms with Gasteiger partial charge in [0.15, 0.2) is 0 Å². The number of nitrogens with zero attached hydrogens (tertiary/aromatic N) is 1. The maximum Gasteiger partial charge on any atom is 0.0346 e. The number of benzene rings is 2. The molecule has 0 saturated heterocycles. The van der Waals surface area contributed by atoms with Crippen LogP contribution in [0.1, 0.15) is 35.8 Å². The minimum absolute atomic E-state index is 0.621. The largest absolute Gasteiger partial charge is 0.264 e. The van der Waals surface area contributed by atoms with Crippen LogP contribution in [0.4, 0.5) is 0 Å². The monoisotopic (exact) mass is 259 g/mol. The number of hydrogen-bond donors (Lipinski definition) is 0. The maximum atomic E-state index is 4.44. The normalized spacial score (nSPS) is 21.6. The molecule has 1 aliphatic rings. The van der Waals surface area contributed by atoms with E-state index in [2.05, 4.69) is 65.8 Å². The van der Waals surface area contributed by atoms with Gasteiger partial charge in [-0.25, -0.2) is 0 Å². The Labute approximate surface area is 119 Å². The van der Waals surface area contributed by atoms with Gasteiger partial charge >= 0.3 is 0 Å². The Bertz CT molecular complexity index is 728. The van der Waals surface area contributed by atoms with Crippen molar-refractivity contribution in [1.82, 2.24) is 4.98 Å². The van der Waals surface area contributed by atoms with Crippen molar-refractivity contribution in [3.8, 4) is 0 Å². The van der Waals surface area contributed by atoms with Crippen LogP contribution >= 0.6 is 0 Å². The number of hydrogen-bond acceptors (Lipinski definition) is 1. The van der Waals surface area contributed by atoms with Gasteiger partial charge in [-0.2, -0.15) is 0 Å². The van der Waals surface area contributed by atoms with Crippen LogP contribution < -0.4 is 0 Å². The van der Waals surface area contributed by atoms with Crippen LogP contribution in [0.15, 0.2) is 67.0 Å². The Hall–Kier alpha value is -2.15. The predicted molar refractivity (Wildman–Crippen MR) is 82.9 cm³/mol. The van der Waals surface area contributed by atoms with Crippen LogP contribution in [0.3, 0.4) is 0 Å². The van der Waals surface area contributed by atoms with Crippen molar-refractivity contribution in [2.24, 2.45) is 0 Å². The third-order valence-corrected chi connectivity index (χ3v) is 4.60. The van der Waals surface area contributed by atoms with Crippen molar-refractivity contribution >= 4 is 10.8 Å². The molecule has 1 aromatic heterocycles. The van der Waals surface area contributed by atoms with Crippen molar-refractivity contribution in [3.05, 3.63) is 78.1 Å². The molecule has 3 aromatic rings. The third kappa shape index (κ3) is 1.82. The molecular formula is C19H17N. The van der Waals surface area contributed by atoms with Crippen molar-refractivity contribution < 1.29 is 0 Å². The summed E-state index contributed by atoms with van der Waals surface area (Å²) >= 11 is 0. The molecule has 20 heavy (non-hydrogen) atoms. The Morgan fingerprint density at radius 1 is 0.750 bits per heavy atom. The second kappa shape index (κ2) is 4.75. The minimum Gasteiger partial charge on any atom is -0.264 e. The molecule has 0 bridgehead atoms. The fourth-order valence-electron chi connectivity index (χ4n) is 3.41. The van der Waals surface area contributed by atoms with Crippen LogP contribution in [0.25, 0.3) is 10.8 Å². The molecule has 1 heterocycles. The number of fused-ring (bicyclic) bond motifs is 1. The maximum absolute atomic E-state index is 4.44. The molecule has 0 spiro atoms. The minimum atomic E-state index is 0.621. The smallest absolute Gasteiger partial charge is 0.0346 e. The standard InChI is InChI=1S/C19H17N/c1-2-6-14(7-3-1)17-10-11-18(17)19-13-20-12-15-8-4-5-9-16(15)19/h1-9,12-13,17-18H,10-11H2. The van der Waals surface area contributed by atoms with Gasteiger partial charge in [-0.3, -0.25) is 4.98 Å². The first-order valence-electron chi connectivity index (χ1n) is 7.31. The van der Waals surface area contributed by atoms with Gasteiger partial charge in [0.05, 0.1) is 0 Å². The van der Waals surface area contributed by atoms with Crippen LogP contribution in [-0.4, -0.2) is 4.98 Å². The van der Waals surface area contributed by atoms with E-state index in [4.69, 9.17) is 0 Å². The van der Waals surface area contributed by atoms with Gasteiger partial charge in [0, 0.05) is 17.8 Å². The summed E-state index contributed by atoms with van der Waals surface area (Å²) in [6.07, 6.45) is 6.60. The lowest BCUT2D eigenvalue weighted by Crippen LogP contribution is -2.22. The lowest BCUT2D eigenvalue weighted by atomic mass is 9.66.